The molecule has 4 rings (SSSR count). The second-order valence-corrected chi connectivity index (χ2v) is 7.78. The van der Waals surface area contributed by atoms with Gasteiger partial charge in [-0.15, -0.1) is 11.3 Å². The van der Waals surface area contributed by atoms with Crippen molar-refractivity contribution >= 4 is 27.5 Å². The number of benzene rings is 1. The second kappa shape index (κ2) is 8.12. The number of rotatable bonds is 5. The van der Waals surface area contributed by atoms with Crippen molar-refractivity contribution in [3.8, 4) is 0 Å². The van der Waals surface area contributed by atoms with Gasteiger partial charge < -0.3 is 10.1 Å². The molecule has 3 heterocycles. The van der Waals surface area contributed by atoms with E-state index in [-0.39, 0.29) is 11.9 Å². The average molecular weight is 382 g/mol. The van der Waals surface area contributed by atoms with Crippen molar-refractivity contribution < 1.29 is 9.53 Å². The van der Waals surface area contributed by atoms with Crippen LogP contribution in [0.1, 0.15) is 27.1 Å². The molecule has 27 heavy (non-hydrogen) atoms. The van der Waals surface area contributed by atoms with Crippen molar-refractivity contribution in [2.45, 2.75) is 13.0 Å². The van der Waals surface area contributed by atoms with E-state index < -0.39 is 0 Å². The molecule has 0 saturated carbocycles. The van der Waals surface area contributed by atoms with E-state index in [1.54, 1.807) is 17.5 Å². The monoisotopic (exact) mass is 382 g/mol. The molecule has 1 N–H and O–H groups in total. The zero-order valence-electron chi connectivity index (χ0n) is 15.2. The number of hydrogen-bond donors (Lipinski definition) is 1. The first-order valence-corrected chi connectivity index (χ1v) is 9.90. The molecule has 0 spiro atoms. The Morgan fingerprint density at radius 1 is 1.30 bits per heavy atom. The minimum Gasteiger partial charge on any atom is -0.379 e. The van der Waals surface area contributed by atoms with Gasteiger partial charge in [0.25, 0.3) is 5.91 Å². The number of thiazole rings is 1. The standard InChI is InChI=1S/C20H22N4O2S/c1-14-23-17-6-5-15(12-19(17)27-14)20(25)22-13-18(16-4-2-3-7-21-16)24-8-10-26-11-9-24/h2-7,12,18H,8-11,13H2,1H3,(H,22,25)/t18-/m0/s1. The molecule has 140 valence electrons. The lowest BCUT2D eigenvalue weighted by molar-refractivity contribution is 0.0154. The number of aryl methyl sites for hydroxylation is 1. The van der Waals surface area contributed by atoms with Crippen molar-refractivity contribution in [1.82, 2.24) is 20.2 Å². The average Bonchev–Trinajstić information content (AvgIpc) is 3.09. The molecule has 0 radical (unpaired) electrons. The summed E-state index contributed by atoms with van der Waals surface area (Å²) in [6.45, 7) is 5.57. The third kappa shape index (κ3) is 4.16. The SMILES string of the molecule is Cc1nc2ccc(C(=O)NC[C@@H](c3ccccn3)N3CCOCC3)cc2s1. The number of hydrogen-bond acceptors (Lipinski definition) is 6. The normalized spacial score (nSPS) is 16.3. The lowest BCUT2D eigenvalue weighted by atomic mass is 10.1. The van der Waals surface area contributed by atoms with E-state index in [0.717, 1.165) is 34.0 Å². The maximum atomic E-state index is 12.7. The van der Waals surface area contributed by atoms with Crippen molar-refractivity contribution in [3.05, 3.63) is 58.9 Å². The quantitative estimate of drug-likeness (QED) is 0.735. The van der Waals surface area contributed by atoms with E-state index in [9.17, 15) is 4.79 Å². The van der Waals surface area contributed by atoms with Crippen molar-refractivity contribution in [2.75, 3.05) is 32.8 Å². The summed E-state index contributed by atoms with van der Waals surface area (Å²) in [4.78, 5) is 24.0. The minimum atomic E-state index is -0.0721. The third-order valence-electron chi connectivity index (χ3n) is 4.73. The van der Waals surface area contributed by atoms with Crippen LogP contribution in [0.4, 0.5) is 0 Å². The predicted molar refractivity (Wildman–Crippen MR) is 106 cm³/mol. The molecule has 2 aromatic heterocycles. The molecule has 3 aromatic rings. The topological polar surface area (TPSA) is 67.4 Å². The van der Waals surface area contributed by atoms with E-state index in [4.69, 9.17) is 4.74 Å². The molecule has 6 nitrogen and oxygen atoms in total. The molecule has 1 saturated heterocycles. The molecule has 1 aliphatic rings. The molecule has 7 heteroatoms. The predicted octanol–water partition coefficient (Wildman–Crippen LogP) is 2.80. The first-order chi connectivity index (χ1) is 13.2. The number of aromatic nitrogens is 2. The lowest BCUT2D eigenvalue weighted by Gasteiger charge is -2.34. The van der Waals surface area contributed by atoms with Gasteiger partial charge >= 0.3 is 0 Å². The minimum absolute atomic E-state index is 0.0356. The number of nitrogens with zero attached hydrogens (tertiary/aromatic N) is 3. The van der Waals surface area contributed by atoms with Crippen molar-refractivity contribution in [1.29, 1.82) is 0 Å². The number of carbonyl (C=O) groups is 1. The van der Waals surface area contributed by atoms with Crippen LogP contribution in [0.15, 0.2) is 42.6 Å². The molecule has 0 unspecified atom stereocenters. The smallest absolute Gasteiger partial charge is 0.251 e. The van der Waals surface area contributed by atoms with E-state index in [0.29, 0.717) is 25.3 Å². The number of ether oxygens (including phenoxy) is 1. The Kier molecular flexibility index (Phi) is 5.42. The summed E-state index contributed by atoms with van der Waals surface area (Å²) >= 11 is 1.60. The first-order valence-electron chi connectivity index (χ1n) is 9.09. The highest BCUT2D eigenvalue weighted by Gasteiger charge is 2.24. The van der Waals surface area contributed by atoms with Crippen molar-refractivity contribution in [3.63, 3.8) is 0 Å². The van der Waals surface area contributed by atoms with Gasteiger partial charge in [-0.05, 0) is 37.3 Å². The van der Waals surface area contributed by atoms with Gasteiger partial charge in [-0.1, -0.05) is 6.07 Å². The van der Waals surface area contributed by atoms with Gasteiger partial charge in [0, 0.05) is 31.4 Å². The Hall–Kier alpha value is -2.35. The van der Waals surface area contributed by atoms with Gasteiger partial charge in [0.05, 0.1) is 40.2 Å². The third-order valence-corrected chi connectivity index (χ3v) is 5.66. The number of pyridine rings is 1. The molecule has 0 bridgehead atoms. The van der Waals surface area contributed by atoms with Gasteiger partial charge in [-0.3, -0.25) is 14.7 Å². The molecule has 1 amide bonds. The Labute approximate surface area is 162 Å². The summed E-state index contributed by atoms with van der Waals surface area (Å²) in [5.74, 6) is -0.0721. The van der Waals surface area contributed by atoms with Gasteiger partial charge in [0.1, 0.15) is 0 Å². The van der Waals surface area contributed by atoms with Crippen LogP contribution in [0, 0.1) is 6.92 Å². The fourth-order valence-corrected chi connectivity index (χ4v) is 4.22. The highest BCUT2D eigenvalue weighted by molar-refractivity contribution is 7.18. The van der Waals surface area contributed by atoms with E-state index in [1.807, 2.05) is 43.3 Å². The number of carbonyl (C=O) groups excluding carboxylic acids is 1. The molecular weight excluding hydrogens is 360 g/mol. The fraction of sp³-hybridized carbons (Fsp3) is 0.350. The van der Waals surface area contributed by atoms with Crippen molar-refractivity contribution in [2.24, 2.45) is 0 Å². The maximum Gasteiger partial charge on any atom is 0.251 e. The van der Waals surface area contributed by atoms with Crippen LogP contribution in [0.2, 0.25) is 0 Å². The Morgan fingerprint density at radius 3 is 2.93 bits per heavy atom. The van der Waals surface area contributed by atoms with Gasteiger partial charge in [-0.25, -0.2) is 4.98 Å². The van der Waals surface area contributed by atoms with E-state index in [1.165, 1.54) is 0 Å². The highest BCUT2D eigenvalue weighted by Crippen LogP contribution is 2.23. The van der Waals surface area contributed by atoms with Crippen LogP contribution >= 0.6 is 11.3 Å². The molecular formula is C20H22N4O2S. The van der Waals surface area contributed by atoms with E-state index >= 15 is 0 Å². The Balaban J connectivity index is 1.49. The highest BCUT2D eigenvalue weighted by atomic mass is 32.1. The summed E-state index contributed by atoms with van der Waals surface area (Å²) in [7, 11) is 0. The first kappa shape index (κ1) is 18.0. The van der Waals surface area contributed by atoms with Crippen LogP contribution in [0.5, 0.6) is 0 Å². The van der Waals surface area contributed by atoms with Gasteiger partial charge in [0.15, 0.2) is 0 Å². The number of amides is 1. The summed E-state index contributed by atoms with van der Waals surface area (Å²) in [5.41, 5.74) is 2.56. The summed E-state index contributed by atoms with van der Waals surface area (Å²) in [5, 5.41) is 4.09. The summed E-state index contributed by atoms with van der Waals surface area (Å²) < 4.78 is 6.51. The Morgan fingerprint density at radius 2 is 2.15 bits per heavy atom. The fourth-order valence-electron chi connectivity index (χ4n) is 3.36. The summed E-state index contributed by atoms with van der Waals surface area (Å²) in [6.07, 6.45) is 1.80. The maximum absolute atomic E-state index is 12.7. The van der Waals surface area contributed by atoms with Crippen LogP contribution in [0.25, 0.3) is 10.2 Å². The zero-order chi connectivity index (χ0) is 18.6. The molecule has 1 aromatic carbocycles. The molecule has 0 aliphatic carbocycles. The molecule has 1 aliphatic heterocycles. The molecule has 1 fully saturated rings. The van der Waals surface area contributed by atoms with Gasteiger partial charge in [-0.2, -0.15) is 0 Å². The largest absolute Gasteiger partial charge is 0.379 e. The second-order valence-electron chi connectivity index (χ2n) is 6.54. The number of nitrogens with one attached hydrogen (secondary N) is 1. The van der Waals surface area contributed by atoms with Crippen LogP contribution < -0.4 is 5.32 Å². The summed E-state index contributed by atoms with van der Waals surface area (Å²) in [6, 6.07) is 11.6. The number of fused-ring (bicyclic) bond motifs is 1. The van der Waals surface area contributed by atoms with Crippen LogP contribution in [0.3, 0.4) is 0 Å². The molecule has 1 atom stereocenters. The van der Waals surface area contributed by atoms with Gasteiger partial charge in [0.2, 0.25) is 0 Å². The van der Waals surface area contributed by atoms with E-state index in [2.05, 4.69) is 20.2 Å². The number of morpholine rings is 1. The lowest BCUT2D eigenvalue weighted by Crippen LogP contribution is -2.44. The van der Waals surface area contributed by atoms with Crippen LogP contribution in [-0.2, 0) is 4.74 Å². The zero-order valence-corrected chi connectivity index (χ0v) is 16.0. The van der Waals surface area contributed by atoms with Crippen LogP contribution in [-0.4, -0.2) is 53.6 Å². The Bertz CT molecular complexity index is 922.